The van der Waals surface area contributed by atoms with E-state index in [0.29, 0.717) is 18.8 Å². The number of carbonyl (C=O) groups excluding carboxylic acids is 1. The number of ether oxygens (including phenoxy) is 1. The molecule has 2 rings (SSSR count). The van der Waals surface area contributed by atoms with Gasteiger partial charge < -0.3 is 9.64 Å². The van der Waals surface area contributed by atoms with Crippen LogP contribution in [0, 0.1) is 12.8 Å². The number of amides is 1. The summed E-state index contributed by atoms with van der Waals surface area (Å²) in [5, 5.41) is -0.142. The van der Waals surface area contributed by atoms with E-state index in [1.165, 1.54) is 6.20 Å². The van der Waals surface area contributed by atoms with Gasteiger partial charge in [0.15, 0.2) is 0 Å². The standard InChI is InChI=1S/C16H25N3O4S/c1-12-7-8-17-14(18-12)24(21,22)11-13-6-5-9-19(10-13)15(20)23-16(2,3)4/h7-8,13H,5-6,9-11H2,1-4H3. The summed E-state index contributed by atoms with van der Waals surface area (Å²) in [5.74, 6) is -0.198. The number of likely N-dealkylation sites (tertiary alicyclic amines) is 1. The van der Waals surface area contributed by atoms with Crippen molar-refractivity contribution in [3.05, 3.63) is 18.0 Å². The van der Waals surface area contributed by atoms with E-state index in [-0.39, 0.29) is 16.8 Å². The highest BCUT2D eigenvalue weighted by Gasteiger charge is 2.31. The molecular formula is C16H25N3O4S. The Kier molecular flexibility index (Phi) is 5.47. The van der Waals surface area contributed by atoms with Gasteiger partial charge in [-0.05, 0) is 52.5 Å². The largest absolute Gasteiger partial charge is 0.444 e. The average Bonchev–Trinajstić information content (AvgIpc) is 2.45. The summed E-state index contributed by atoms with van der Waals surface area (Å²) >= 11 is 0. The van der Waals surface area contributed by atoms with E-state index in [1.807, 2.05) is 20.8 Å². The quantitative estimate of drug-likeness (QED) is 0.772. The normalized spacial score (nSPS) is 19.2. The van der Waals surface area contributed by atoms with Crippen molar-refractivity contribution < 1.29 is 17.9 Å². The van der Waals surface area contributed by atoms with Gasteiger partial charge in [-0.25, -0.2) is 23.2 Å². The minimum Gasteiger partial charge on any atom is -0.444 e. The number of aromatic nitrogens is 2. The first-order valence-electron chi connectivity index (χ1n) is 8.07. The Hall–Kier alpha value is -1.70. The molecule has 0 aromatic carbocycles. The molecule has 0 N–H and O–H groups in total. The zero-order valence-electron chi connectivity index (χ0n) is 14.7. The second-order valence-electron chi connectivity index (χ2n) is 7.20. The zero-order chi connectivity index (χ0) is 18.0. The number of sulfone groups is 1. The summed E-state index contributed by atoms with van der Waals surface area (Å²) in [6, 6.07) is 1.66. The molecule has 1 unspecified atom stereocenters. The van der Waals surface area contributed by atoms with E-state index in [9.17, 15) is 13.2 Å². The van der Waals surface area contributed by atoms with E-state index < -0.39 is 21.5 Å². The van der Waals surface area contributed by atoms with Gasteiger partial charge in [-0.1, -0.05) is 0 Å². The van der Waals surface area contributed by atoms with Gasteiger partial charge in [0, 0.05) is 25.0 Å². The minimum absolute atomic E-state index is 0.0598. The highest BCUT2D eigenvalue weighted by atomic mass is 32.2. The first kappa shape index (κ1) is 18.6. The van der Waals surface area contributed by atoms with Crippen molar-refractivity contribution in [1.29, 1.82) is 0 Å². The maximum atomic E-state index is 12.5. The van der Waals surface area contributed by atoms with Gasteiger partial charge in [-0.2, -0.15) is 0 Å². The van der Waals surface area contributed by atoms with Gasteiger partial charge in [0.1, 0.15) is 5.60 Å². The summed E-state index contributed by atoms with van der Waals surface area (Å²) in [7, 11) is -3.57. The number of nitrogens with zero attached hydrogens (tertiary/aromatic N) is 3. The lowest BCUT2D eigenvalue weighted by Gasteiger charge is -2.33. The third-order valence-corrected chi connectivity index (χ3v) is 5.34. The smallest absolute Gasteiger partial charge is 0.410 e. The fourth-order valence-corrected chi connectivity index (χ4v) is 4.20. The molecule has 1 aromatic heterocycles. The predicted octanol–water partition coefficient (Wildman–Crippen LogP) is 2.21. The molecule has 8 heteroatoms. The molecule has 1 atom stereocenters. The maximum Gasteiger partial charge on any atom is 0.410 e. The molecule has 1 fully saturated rings. The zero-order valence-corrected chi connectivity index (χ0v) is 15.5. The van der Waals surface area contributed by atoms with Gasteiger partial charge >= 0.3 is 6.09 Å². The van der Waals surface area contributed by atoms with Gasteiger partial charge in [0.05, 0.1) is 5.75 Å². The summed E-state index contributed by atoms with van der Waals surface area (Å²) in [4.78, 5) is 21.6. The van der Waals surface area contributed by atoms with Crippen molar-refractivity contribution in [1.82, 2.24) is 14.9 Å². The predicted molar refractivity (Wildman–Crippen MR) is 89.4 cm³/mol. The molecule has 134 valence electrons. The third kappa shape index (κ3) is 5.15. The number of hydrogen-bond donors (Lipinski definition) is 0. The van der Waals surface area contributed by atoms with Gasteiger partial charge in [0.2, 0.25) is 15.0 Å². The van der Waals surface area contributed by atoms with Crippen molar-refractivity contribution in [3.8, 4) is 0 Å². The summed E-state index contributed by atoms with van der Waals surface area (Å²) < 4.78 is 30.4. The molecule has 1 saturated heterocycles. The van der Waals surface area contributed by atoms with Crippen LogP contribution < -0.4 is 0 Å². The second-order valence-corrected chi connectivity index (χ2v) is 9.12. The van der Waals surface area contributed by atoms with Crippen LogP contribution in [0.15, 0.2) is 17.4 Å². The first-order chi connectivity index (χ1) is 11.1. The molecule has 2 heterocycles. The molecule has 1 aliphatic heterocycles. The fourth-order valence-electron chi connectivity index (χ4n) is 2.65. The lowest BCUT2D eigenvalue weighted by atomic mass is 10.0. The van der Waals surface area contributed by atoms with Crippen molar-refractivity contribution in [2.24, 2.45) is 5.92 Å². The van der Waals surface area contributed by atoms with Crippen molar-refractivity contribution >= 4 is 15.9 Å². The van der Waals surface area contributed by atoms with Crippen LogP contribution in [-0.2, 0) is 14.6 Å². The highest BCUT2D eigenvalue weighted by molar-refractivity contribution is 7.91. The fraction of sp³-hybridized carbons (Fsp3) is 0.688. The van der Waals surface area contributed by atoms with Crippen LogP contribution in [0.2, 0.25) is 0 Å². The Bertz CT molecular complexity index is 698. The van der Waals surface area contributed by atoms with E-state index in [2.05, 4.69) is 9.97 Å². The molecule has 0 saturated carbocycles. The molecule has 0 bridgehead atoms. The average molecular weight is 355 g/mol. The number of piperidine rings is 1. The van der Waals surface area contributed by atoms with Crippen molar-refractivity contribution in [2.75, 3.05) is 18.8 Å². The first-order valence-corrected chi connectivity index (χ1v) is 9.72. The SMILES string of the molecule is Cc1ccnc(S(=O)(=O)CC2CCCN(C(=O)OC(C)(C)C)C2)n1. The van der Waals surface area contributed by atoms with Gasteiger partial charge in [-0.15, -0.1) is 0 Å². The molecule has 1 aliphatic rings. The molecule has 7 nitrogen and oxygen atoms in total. The lowest BCUT2D eigenvalue weighted by Crippen LogP contribution is -2.44. The van der Waals surface area contributed by atoms with Crippen LogP contribution in [-0.4, -0.2) is 53.8 Å². The van der Waals surface area contributed by atoms with E-state index in [0.717, 1.165) is 12.8 Å². The van der Waals surface area contributed by atoms with E-state index >= 15 is 0 Å². The van der Waals surface area contributed by atoms with Gasteiger partial charge in [-0.3, -0.25) is 0 Å². The Morgan fingerprint density at radius 3 is 2.75 bits per heavy atom. The Morgan fingerprint density at radius 1 is 1.42 bits per heavy atom. The lowest BCUT2D eigenvalue weighted by molar-refractivity contribution is 0.0176. The number of rotatable bonds is 3. The number of carbonyl (C=O) groups is 1. The van der Waals surface area contributed by atoms with Crippen molar-refractivity contribution in [2.45, 2.75) is 51.3 Å². The molecule has 1 amide bonds. The Morgan fingerprint density at radius 2 is 2.12 bits per heavy atom. The van der Waals surface area contributed by atoms with Crippen LogP contribution in [0.4, 0.5) is 4.79 Å². The van der Waals surface area contributed by atoms with E-state index in [1.54, 1.807) is 17.9 Å². The van der Waals surface area contributed by atoms with Crippen LogP contribution in [0.3, 0.4) is 0 Å². The monoisotopic (exact) mass is 355 g/mol. The van der Waals surface area contributed by atoms with Crippen LogP contribution in [0.1, 0.15) is 39.3 Å². The minimum atomic E-state index is -3.57. The molecule has 0 aliphatic carbocycles. The molecule has 24 heavy (non-hydrogen) atoms. The van der Waals surface area contributed by atoms with E-state index in [4.69, 9.17) is 4.74 Å². The Labute approximate surface area is 143 Å². The maximum absolute atomic E-state index is 12.5. The van der Waals surface area contributed by atoms with Gasteiger partial charge in [0.25, 0.3) is 0 Å². The molecule has 0 radical (unpaired) electrons. The number of aryl methyl sites for hydroxylation is 1. The van der Waals surface area contributed by atoms with Crippen LogP contribution in [0.25, 0.3) is 0 Å². The molecular weight excluding hydrogens is 330 g/mol. The molecule has 1 aromatic rings. The third-order valence-electron chi connectivity index (χ3n) is 3.68. The summed E-state index contributed by atoms with van der Waals surface area (Å²) in [5.41, 5.74) is 0.0495. The Balaban J connectivity index is 2.03. The molecule has 0 spiro atoms. The van der Waals surface area contributed by atoms with Crippen LogP contribution >= 0.6 is 0 Å². The topological polar surface area (TPSA) is 89.5 Å². The number of hydrogen-bond acceptors (Lipinski definition) is 6. The second kappa shape index (κ2) is 7.04. The van der Waals surface area contributed by atoms with Crippen molar-refractivity contribution in [3.63, 3.8) is 0 Å². The summed E-state index contributed by atoms with van der Waals surface area (Å²) in [6.07, 6.45) is 2.57. The highest BCUT2D eigenvalue weighted by Crippen LogP contribution is 2.22. The summed E-state index contributed by atoms with van der Waals surface area (Å²) in [6.45, 7) is 8.13. The van der Waals surface area contributed by atoms with Crippen LogP contribution in [0.5, 0.6) is 0 Å².